The fraction of sp³-hybridized carbons (Fsp3) is 0.791. The molecule has 7 heteroatoms. The van der Waals surface area contributed by atoms with Gasteiger partial charge in [0.1, 0.15) is 32.1 Å². The van der Waals surface area contributed by atoms with Crippen LogP contribution in [0, 0.1) is 0 Å². The van der Waals surface area contributed by atoms with Gasteiger partial charge in [-0.25, -0.2) is 9.13 Å². The summed E-state index contributed by atoms with van der Waals surface area (Å²) in [5, 5.41) is 9.51. The molecule has 0 radical (unpaired) electrons. The van der Waals surface area contributed by atoms with Crippen LogP contribution in [0.2, 0.25) is 0 Å². The average molecular weight is 722 g/mol. The number of ether oxygens (including phenoxy) is 1. The van der Waals surface area contributed by atoms with Gasteiger partial charge in [0.2, 0.25) is 5.78 Å². The summed E-state index contributed by atoms with van der Waals surface area (Å²) >= 11 is 0. The number of halogens is 1. The minimum absolute atomic E-state index is 0. The van der Waals surface area contributed by atoms with E-state index in [2.05, 4.69) is 38.2 Å². The van der Waals surface area contributed by atoms with Crippen LogP contribution in [-0.2, 0) is 22.6 Å². The first kappa shape index (κ1) is 48.1. The summed E-state index contributed by atoms with van der Waals surface area (Å²) in [6.07, 6.45) is 46.1. The van der Waals surface area contributed by atoms with E-state index < -0.39 is 0 Å². The number of ketones is 1. The number of carbonyl (C=O) groups is 2. The Hall–Kier alpha value is -1.92. The zero-order valence-electron chi connectivity index (χ0n) is 32.5. The zero-order chi connectivity index (χ0) is 35.5. The molecular weight excluding hydrogens is 644 g/mol. The van der Waals surface area contributed by atoms with Crippen molar-refractivity contribution in [3.05, 3.63) is 42.5 Å². The van der Waals surface area contributed by atoms with Gasteiger partial charge in [0.05, 0.1) is 6.61 Å². The summed E-state index contributed by atoms with van der Waals surface area (Å²) < 4.78 is 9.22. The largest absolute Gasteiger partial charge is 1.00 e. The highest BCUT2D eigenvalue weighted by Crippen LogP contribution is 2.13. The number of aliphatic hydroxyl groups excluding tert-OH is 1. The lowest BCUT2D eigenvalue weighted by atomic mass is 10.1. The van der Waals surface area contributed by atoms with Gasteiger partial charge in [0.25, 0.3) is 0 Å². The van der Waals surface area contributed by atoms with Crippen molar-refractivity contribution in [2.45, 2.75) is 207 Å². The number of allylic oxidation sites excluding steroid dienone is 4. The van der Waals surface area contributed by atoms with Crippen LogP contribution < -0.4 is 17.0 Å². The van der Waals surface area contributed by atoms with Gasteiger partial charge in [-0.2, -0.15) is 0 Å². The summed E-state index contributed by atoms with van der Waals surface area (Å²) in [6.45, 7) is 5.60. The Morgan fingerprint density at radius 3 is 1.52 bits per heavy atom. The standard InChI is InChI=1S/C43H77N2O4.ClH/c1-3-5-7-9-11-13-15-17-19-21-23-25-27-29-31-33-41(47)43-44(37-39-46)35-36-45(43)38-40-49-42(48)34-32-30-28-26-24-22-20-18-16-14-12-10-8-6-4-2;/h17-20,35-36,46H,3-16,21-34,37-40H2,1-2H3;1H/q+1;/p-1/b19-17-,20-18-;. The van der Waals surface area contributed by atoms with Crippen molar-refractivity contribution in [1.82, 2.24) is 4.57 Å². The number of aromatic nitrogens is 2. The number of nitrogens with zero attached hydrogens (tertiary/aromatic N) is 2. The Morgan fingerprint density at radius 2 is 1.06 bits per heavy atom. The zero-order valence-corrected chi connectivity index (χ0v) is 33.3. The second-order valence-corrected chi connectivity index (χ2v) is 14.0. The molecule has 1 aromatic heterocycles. The number of esters is 1. The van der Waals surface area contributed by atoms with Crippen molar-refractivity contribution < 1.29 is 36.4 Å². The van der Waals surface area contributed by atoms with E-state index in [9.17, 15) is 14.7 Å². The molecule has 1 rings (SSSR count). The maximum atomic E-state index is 13.2. The summed E-state index contributed by atoms with van der Waals surface area (Å²) in [7, 11) is 0. The maximum absolute atomic E-state index is 13.2. The number of Topliss-reactive ketones (excluding diaryl/α,β-unsaturated/α-hetero) is 1. The molecule has 290 valence electrons. The first-order chi connectivity index (χ1) is 24.1. The summed E-state index contributed by atoms with van der Waals surface area (Å²) in [5.74, 6) is 0.530. The SMILES string of the molecule is CCCCCCCC/C=C\CCCCCCCC(=O)OCCn1cc[n+](CCO)c1C(=O)CCCCCCC/C=C\CCCCCCCC.[Cl-]. The molecule has 6 nitrogen and oxygen atoms in total. The van der Waals surface area contributed by atoms with Crippen LogP contribution in [-0.4, -0.2) is 34.6 Å². The third-order valence-electron chi connectivity index (χ3n) is 9.46. The van der Waals surface area contributed by atoms with Crippen molar-refractivity contribution in [3.8, 4) is 0 Å². The fourth-order valence-electron chi connectivity index (χ4n) is 6.39. The van der Waals surface area contributed by atoms with Gasteiger partial charge in [-0.1, -0.05) is 141 Å². The van der Waals surface area contributed by atoms with Crippen LogP contribution in [0.4, 0.5) is 0 Å². The molecule has 0 saturated heterocycles. The molecule has 0 aliphatic rings. The quantitative estimate of drug-likeness (QED) is 0.0248. The molecule has 0 spiro atoms. The smallest absolute Gasteiger partial charge is 0.325 e. The predicted octanol–water partition coefficient (Wildman–Crippen LogP) is 8.57. The van der Waals surface area contributed by atoms with E-state index >= 15 is 0 Å². The molecule has 50 heavy (non-hydrogen) atoms. The fourth-order valence-corrected chi connectivity index (χ4v) is 6.39. The lowest BCUT2D eigenvalue weighted by Gasteiger charge is -2.06. The molecule has 0 aliphatic heterocycles. The van der Waals surface area contributed by atoms with Gasteiger partial charge in [0, 0.05) is 12.8 Å². The molecular formula is C43H77ClN2O4. The third kappa shape index (κ3) is 27.8. The number of aliphatic hydroxyl groups is 1. The van der Waals surface area contributed by atoms with Crippen LogP contribution in [0.15, 0.2) is 36.7 Å². The molecule has 1 N–H and O–H groups in total. The van der Waals surface area contributed by atoms with Crippen molar-refractivity contribution in [3.63, 3.8) is 0 Å². The van der Waals surface area contributed by atoms with Gasteiger partial charge < -0.3 is 22.3 Å². The maximum Gasteiger partial charge on any atom is 0.325 e. The number of rotatable bonds is 36. The third-order valence-corrected chi connectivity index (χ3v) is 9.46. The first-order valence-corrected chi connectivity index (χ1v) is 20.8. The van der Waals surface area contributed by atoms with E-state index in [0.29, 0.717) is 31.8 Å². The molecule has 0 amide bonds. The Bertz CT molecular complexity index is 974. The van der Waals surface area contributed by atoms with Crippen LogP contribution in [0.25, 0.3) is 0 Å². The van der Waals surface area contributed by atoms with Gasteiger partial charge in [0.15, 0.2) is 0 Å². The summed E-state index contributed by atoms with van der Waals surface area (Å²) in [4.78, 5) is 25.5. The number of hydrogen-bond acceptors (Lipinski definition) is 4. The van der Waals surface area contributed by atoms with E-state index in [1.54, 1.807) is 0 Å². The van der Waals surface area contributed by atoms with Crippen LogP contribution in [0.3, 0.4) is 0 Å². The van der Waals surface area contributed by atoms with E-state index in [0.717, 1.165) is 51.4 Å². The second kappa shape index (κ2) is 36.9. The van der Waals surface area contributed by atoms with Crippen molar-refractivity contribution in [2.75, 3.05) is 13.2 Å². The normalized spacial score (nSPS) is 11.5. The molecule has 0 bridgehead atoms. The molecule has 0 unspecified atom stereocenters. The van der Waals surface area contributed by atoms with Crippen molar-refractivity contribution >= 4 is 11.8 Å². The van der Waals surface area contributed by atoms with Crippen LogP contribution >= 0.6 is 0 Å². The number of imidazole rings is 1. The Morgan fingerprint density at radius 1 is 0.640 bits per heavy atom. The van der Waals surface area contributed by atoms with Gasteiger partial charge in [-0.3, -0.25) is 9.59 Å². The van der Waals surface area contributed by atoms with Crippen LogP contribution in [0.1, 0.15) is 204 Å². The molecule has 0 fully saturated rings. The number of unbranched alkanes of at least 4 members (excludes halogenated alkanes) is 22. The predicted molar refractivity (Wildman–Crippen MR) is 206 cm³/mol. The monoisotopic (exact) mass is 721 g/mol. The van der Waals surface area contributed by atoms with E-state index in [4.69, 9.17) is 4.74 Å². The van der Waals surface area contributed by atoms with Crippen molar-refractivity contribution in [2.24, 2.45) is 0 Å². The lowest BCUT2D eigenvalue weighted by molar-refractivity contribution is -0.699. The van der Waals surface area contributed by atoms with Gasteiger partial charge in [-0.05, 0) is 64.2 Å². The number of hydrogen-bond donors (Lipinski definition) is 1. The number of carbonyl (C=O) groups excluding carboxylic acids is 2. The van der Waals surface area contributed by atoms with E-state index in [1.807, 2.05) is 21.5 Å². The van der Waals surface area contributed by atoms with Crippen LogP contribution in [0.5, 0.6) is 0 Å². The Labute approximate surface area is 314 Å². The van der Waals surface area contributed by atoms with E-state index in [1.165, 1.54) is 116 Å². The average Bonchev–Trinajstić information content (AvgIpc) is 3.50. The molecule has 1 heterocycles. The second-order valence-electron chi connectivity index (χ2n) is 14.0. The summed E-state index contributed by atoms with van der Waals surface area (Å²) in [5.41, 5.74) is 0. The molecule has 1 aromatic rings. The minimum atomic E-state index is -0.158. The first-order valence-electron chi connectivity index (χ1n) is 20.8. The molecule has 0 aromatic carbocycles. The lowest BCUT2D eigenvalue weighted by Crippen LogP contribution is -3.00. The molecule has 0 aliphatic carbocycles. The molecule has 0 saturated carbocycles. The minimum Gasteiger partial charge on any atom is -1.00 e. The highest BCUT2D eigenvalue weighted by atomic mass is 35.5. The van der Waals surface area contributed by atoms with Gasteiger partial charge >= 0.3 is 11.8 Å². The van der Waals surface area contributed by atoms with Crippen molar-refractivity contribution in [1.29, 1.82) is 0 Å². The topological polar surface area (TPSA) is 72.4 Å². The summed E-state index contributed by atoms with van der Waals surface area (Å²) in [6, 6.07) is 0. The Kier molecular flexibility index (Phi) is 35.4. The highest BCUT2D eigenvalue weighted by molar-refractivity contribution is 5.91. The molecule has 0 atom stereocenters. The van der Waals surface area contributed by atoms with Gasteiger partial charge in [-0.15, -0.1) is 0 Å². The Balaban J connectivity index is 0.0000240. The van der Waals surface area contributed by atoms with E-state index in [-0.39, 0.29) is 37.4 Å². The highest BCUT2D eigenvalue weighted by Gasteiger charge is 2.24.